The Hall–Kier alpha value is -2.57. The molecule has 22 heavy (non-hydrogen) atoms. The van der Waals surface area contributed by atoms with Crippen molar-refractivity contribution < 1.29 is 23.9 Å². The number of benzene rings is 1. The molecule has 1 saturated heterocycles. The molecule has 1 fully saturated rings. The minimum Gasteiger partial charge on any atom is -0.493 e. The molecule has 0 aliphatic carbocycles. The topological polar surface area (TPSA) is 84.9 Å². The van der Waals surface area contributed by atoms with E-state index >= 15 is 0 Å². The fourth-order valence-electron chi connectivity index (χ4n) is 2.89. The van der Waals surface area contributed by atoms with Crippen LogP contribution in [0.4, 0.5) is 0 Å². The first-order valence-electron chi connectivity index (χ1n) is 6.94. The molecule has 1 aromatic carbocycles. The highest BCUT2D eigenvalue weighted by Crippen LogP contribution is 2.36. The SMILES string of the molecule is COc1cc2c(cc1OC)C(=O)N(C1CCC(=O)NC1=O)C2. The van der Waals surface area contributed by atoms with Gasteiger partial charge >= 0.3 is 0 Å². The third kappa shape index (κ3) is 2.18. The number of nitrogens with zero attached hydrogens (tertiary/aromatic N) is 1. The van der Waals surface area contributed by atoms with Gasteiger partial charge in [-0.2, -0.15) is 0 Å². The Labute approximate surface area is 127 Å². The Morgan fingerprint density at radius 2 is 1.82 bits per heavy atom. The normalized spacial score (nSPS) is 20.7. The van der Waals surface area contributed by atoms with Gasteiger partial charge in [-0.05, 0) is 24.1 Å². The van der Waals surface area contributed by atoms with Crippen LogP contribution < -0.4 is 14.8 Å². The van der Waals surface area contributed by atoms with E-state index in [4.69, 9.17) is 9.47 Å². The van der Waals surface area contributed by atoms with E-state index in [1.807, 2.05) is 0 Å². The monoisotopic (exact) mass is 304 g/mol. The molecule has 1 N–H and O–H groups in total. The van der Waals surface area contributed by atoms with E-state index in [0.717, 1.165) is 5.56 Å². The Bertz CT molecular complexity index is 670. The predicted molar refractivity (Wildman–Crippen MR) is 75.6 cm³/mol. The molecule has 7 nitrogen and oxygen atoms in total. The van der Waals surface area contributed by atoms with E-state index in [1.54, 1.807) is 12.1 Å². The van der Waals surface area contributed by atoms with Crippen molar-refractivity contribution in [2.75, 3.05) is 14.2 Å². The molecule has 1 unspecified atom stereocenters. The van der Waals surface area contributed by atoms with Gasteiger partial charge in [0.15, 0.2) is 11.5 Å². The summed E-state index contributed by atoms with van der Waals surface area (Å²) in [5.74, 6) is 0.0643. The molecule has 2 heterocycles. The summed E-state index contributed by atoms with van der Waals surface area (Å²) < 4.78 is 10.4. The van der Waals surface area contributed by atoms with Crippen LogP contribution in [-0.2, 0) is 16.1 Å². The third-order valence-electron chi connectivity index (χ3n) is 4.03. The molecule has 2 aliphatic heterocycles. The first-order chi connectivity index (χ1) is 10.5. The zero-order chi connectivity index (χ0) is 15.9. The minimum atomic E-state index is -0.616. The molecular weight excluding hydrogens is 288 g/mol. The highest BCUT2D eigenvalue weighted by molar-refractivity contribution is 6.05. The third-order valence-corrected chi connectivity index (χ3v) is 4.03. The van der Waals surface area contributed by atoms with Crippen LogP contribution in [0.3, 0.4) is 0 Å². The lowest BCUT2D eigenvalue weighted by atomic mass is 10.0. The lowest BCUT2D eigenvalue weighted by Gasteiger charge is -2.29. The summed E-state index contributed by atoms with van der Waals surface area (Å²) in [6.45, 7) is 0.320. The van der Waals surface area contributed by atoms with Gasteiger partial charge in [-0.3, -0.25) is 19.7 Å². The molecule has 116 valence electrons. The Balaban J connectivity index is 1.91. The van der Waals surface area contributed by atoms with Crippen LogP contribution in [0, 0.1) is 0 Å². The van der Waals surface area contributed by atoms with Crippen LogP contribution in [0.2, 0.25) is 0 Å². The molecule has 0 aromatic heterocycles. The summed E-state index contributed by atoms with van der Waals surface area (Å²) in [5, 5.41) is 2.28. The van der Waals surface area contributed by atoms with E-state index < -0.39 is 11.9 Å². The Morgan fingerprint density at radius 3 is 2.45 bits per heavy atom. The van der Waals surface area contributed by atoms with Crippen molar-refractivity contribution in [2.24, 2.45) is 0 Å². The molecule has 0 spiro atoms. The maximum absolute atomic E-state index is 12.6. The summed E-state index contributed by atoms with van der Waals surface area (Å²) in [6, 6.07) is 2.76. The van der Waals surface area contributed by atoms with Crippen molar-refractivity contribution in [1.29, 1.82) is 0 Å². The highest BCUT2D eigenvalue weighted by Gasteiger charge is 2.39. The minimum absolute atomic E-state index is 0.231. The summed E-state index contributed by atoms with van der Waals surface area (Å²) >= 11 is 0. The van der Waals surface area contributed by atoms with Gasteiger partial charge in [0, 0.05) is 18.5 Å². The van der Waals surface area contributed by atoms with Crippen LogP contribution in [0.15, 0.2) is 12.1 Å². The van der Waals surface area contributed by atoms with Crippen molar-refractivity contribution in [1.82, 2.24) is 10.2 Å². The number of imide groups is 1. The molecular formula is C15H16N2O5. The first kappa shape index (κ1) is 14.4. The van der Waals surface area contributed by atoms with Crippen LogP contribution in [0.5, 0.6) is 11.5 Å². The van der Waals surface area contributed by atoms with Crippen molar-refractivity contribution >= 4 is 17.7 Å². The van der Waals surface area contributed by atoms with E-state index in [-0.39, 0.29) is 18.2 Å². The van der Waals surface area contributed by atoms with Gasteiger partial charge in [0.05, 0.1) is 14.2 Å². The molecule has 3 rings (SSSR count). The van der Waals surface area contributed by atoms with E-state index in [9.17, 15) is 14.4 Å². The summed E-state index contributed by atoms with van der Waals surface area (Å²) in [4.78, 5) is 37.2. The van der Waals surface area contributed by atoms with Crippen LogP contribution in [-0.4, -0.2) is 42.9 Å². The number of methoxy groups -OCH3 is 2. The van der Waals surface area contributed by atoms with Crippen molar-refractivity contribution in [3.63, 3.8) is 0 Å². The zero-order valence-corrected chi connectivity index (χ0v) is 12.3. The smallest absolute Gasteiger partial charge is 0.255 e. The number of hydrogen-bond acceptors (Lipinski definition) is 5. The maximum atomic E-state index is 12.6. The number of nitrogens with one attached hydrogen (secondary N) is 1. The molecule has 7 heteroatoms. The fourth-order valence-corrected chi connectivity index (χ4v) is 2.89. The van der Waals surface area contributed by atoms with Gasteiger partial charge < -0.3 is 14.4 Å². The molecule has 0 saturated carbocycles. The molecule has 1 atom stereocenters. The summed E-state index contributed by atoms with van der Waals surface area (Å²) in [6.07, 6.45) is 0.585. The molecule has 1 aromatic rings. The molecule has 0 radical (unpaired) electrons. The maximum Gasteiger partial charge on any atom is 0.255 e. The molecule has 2 aliphatic rings. The van der Waals surface area contributed by atoms with E-state index in [0.29, 0.717) is 30.0 Å². The number of carbonyl (C=O) groups excluding carboxylic acids is 3. The van der Waals surface area contributed by atoms with Crippen LogP contribution in [0.25, 0.3) is 0 Å². The lowest BCUT2D eigenvalue weighted by Crippen LogP contribution is -2.52. The number of fused-ring (bicyclic) bond motifs is 1. The van der Waals surface area contributed by atoms with Crippen LogP contribution >= 0.6 is 0 Å². The van der Waals surface area contributed by atoms with Crippen molar-refractivity contribution in [2.45, 2.75) is 25.4 Å². The number of piperidine rings is 1. The number of amides is 3. The molecule has 3 amide bonds. The van der Waals surface area contributed by atoms with Gasteiger partial charge in [-0.15, -0.1) is 0 Å². The van der Waals surface area contributed by atoms with Crippen molar-refractivity contribution in [3.8, 4) is 11.5 Å². The average molecular weight is 304 g/mol. The number of ether oxygens (including phenoxy) is 2. The van der Waals surface area contributed by atoms with Gasteiger partial charge in [0.25, 0.3) is 5.91 Å². The van der Waals surface area contributed by atoms with Gasteiger partial charge in [0.1, 0.15) is 6.04 Å². The largest absolute Gasteiger partial charge is 0.493 e. The Kier molecular flexibility index (Phi) is 3.48. The summed E-state index contributed by atoms with van der Waals surface area (Å²) in [5.41, 5.74) is 1.29. The number of rotatable bonds is 3. The van der Waals surface area contributed by atoms with Crippen LogP contribution in [0.1, 0.15) is 28.8 Å². The highest BCUT2D eigenvalue weighted by atomic mass is 16.5. The number of hydrogen-bond donors (Lipinski definition) is 1. The standard InChI is InChI=1S/C15H16N2O5/c1-21-11-5-8-7-17(10-3-4-13(18)16-14(10)19)15(20)9(8)6-12(11)22-2/h5-6,10H,3-4,7H2,1-2H3,(H,16,18,19). The van der Waals surface area contributed by atoms with Gasteiger partial charge in [-0.1, -0.05) is 0 Å². The summed E-state index contributed by atoms with van der Waals surface area (Å²) in [7, 11) is 3.03. The van der Waals surface area contributed by atoms with E-state index in [2.05, 4.69) is 5.32 Å². The van der Waals surface area contributed by atoms with Gasteiger partial charge in [-0.25, -0.2) is 0 Å². The second kappa shape index (κ2) is 5.32. The fraction of sp³-hybridized carbons (Fsp3) is 0.400. The van der Waals surface area contributed by atoms with Gasteiger partial charge in [0.2, 0.25) is 11.8 Å². The second-order valence-electron chi connectivity index (χ2n) is 5.26. The zero-order valence-electron chi connectivity index (χ0n) is 12.3. The first-order valence-corrected chi connectivity index (χ1v) is 6.94. The average Bonchev–Trinajstić information content (AvgIpc) is 2.82. The quantitative estimate of drug-likeness (QED) is 0.820. The molecule has 0 bridgehead atoms. The van der Waals surface area contributed by atoms with Crippen molar-refractivity contribution in [3.05, 3.63) is 23.3 Å². The Morgan fingerprint density at radius 1 is 1.14 bits per heavy atom. The van der Waals surface area contributed by atoms with E-state index in [1.165, 1.54) is 19.1 Å². The lowest BCUT2D eigenvalue weighted by molar-refractivity contribution is -0.136. The second-order valence-corrected chi connectivity index (χ2v) is 5.26. The predicted octanol–water partition coefficient (Wildman–Crippen LogP) is 0.465. The number of carbonyl (C=O) groups is 3.